The van der Waals surface area contributed by atoms with E-state index in [1.54, 1.807) is 23.7 Å². The first kappa shape index (κ1) is 14.6. The number of nitriles is 1. The Hall–Kier alpha value is -2.81. The molecule has 6 heteroatoms. The number of aryl methyl sites for hydroxylation is 1. The molecule has 2 rings (SSSR count). The lowest BCUT2D eigenvalue weighted by Crippen LogP contribution is -2.08. The smallest absolute Gasteiger partial charge is 0.221 e. The molecule has 1 heterocycles. The summed E-state index contributed by atoms with van der Waals surface area (Å²) in [6.45, 7) is 1.83. The van der Waals surface area contributed by atoms with Crippen LogP contribution in [-0.4, -0.2) is 10.5 Å². The van der Waals surface area contributed by atoms with Gasteiger partial charge in [-0.05, 0) is 29.8 Å². The molecule has 2 N–H and O–H groups in total. The first-order valence-corrected chi connectivity index (χ1v) is 6.36. The number of nitrogens with one attached hydrogen (secondary N) is 2. The fourth-order valence-electron chi connectivity index (χ4n) is 1.97. The van der Waals surface area contributed by atoms with Crippen molar-refractivity contribution in [2.24, 2.45) is 7.05 Å². The van der Waals surface area contributed by atoms with Gasteiger partial charge in [-0.1, -0.05) is 0 Å². The fourth-order valence-corrected chi connectivity index (χ4v) is 1.97. The van der Waals surface area contributed by atoms with Crippen molar-refractivity contribution in [2.75, 3.05) is 10.6 Å². The first-order valence-electron chi connectivity index (χ1n) is 6.36. The normalized spacial score (nSPS) is 10.0. The summed E-state index contributed by atoms with van der Waals surface area (Å²) < 4.78 is 15.3. The average molecular weight is 286 g/mol. The Morgan fingerprint density at radius 1 is 1.43 bits per heavy atom. The summed E-state index contributed by atoms with van der Waals surface area (Å²) in [5.41, 5.74) is 2.34. The Morgan fingerprint density at radius 3 is 2.81 bits per heavy atom. The van der Waals surface area contributed by atoms with Crippen LogP contribution in [0, 0.1) is 17.1 Å². The van der Waals surface area contributed by atoms with Crippen molar-refractivity contribution in [3.05, 3.63) is 47.5 Å². The molecule has 0 aliphatic heterocycles. The van der Waals surface area contributed by atoms with Crippen molar-refractivity contribution in [3.8, 4) is 6.07 Å². The molecule has 0 bridgehead atoms. The molecular weight excluding hydrogens is 271 g/mol. The second-order valence-electron chi connectivity index (χ2n) is 4.69. The van der Waals surface area contributed by atoms with Gasteiger partial charge in [0.2, 0.25) is 5.91 Å². The molecule has 5 nitrogen and oxygen atoms in total. The Morgan fingerprint density at radius 2 is 2.19 bits per heavy atom. The maximum Gasteiger partial charge on any atom is 0.221 e. The van der Waals surface area contributed by atoms with Crippen molar-refractivity contribution in [3.63, 3.8) is 0 Å². The third-order valence-electron chi connectivity index (χ3n) is 2.95. The van der Waals surface area contributed by atoms with Gasteiger partial charge in [0.05, 0.1) is 5.69 Å². The number of halogens is 1. The van der Waals surface area contributed by atoms with Crippen LogP contribution in [0.3, 0.4) is 0 Å². The quantitative estimate of drug-likeness (QED) is 0.907. The largest absolute Gasteiger partial charge is 0.381 e. The summed E-state index contributed by atoms with van der Waals surface area (Å²) in [5, 5.41) is 14.5. The highest BCUT2D eigenvalue weighted by Crippen LogP contribution is 2.20. The highest BCUT2D eigenvalue weighted by Gasteiger charge is 2.06. The zero-order valence-corrected chi connectivity index (χ0v) is 11.8. The van der Waals surface area contributed by atoms with Gasteiger partial charge in [-0.15, -0.1) is 0 Å². The predicted molar refractivity (Wildman–Crippen MR) is 78.2 cm³/mol. The van der Waals surface area contributed by atoms with E-state index >= 15 is 0 Å². The van der Waals surface area contributed by atoms with E-state index in [0.29, 0.717) is 17.9 Å². The number of carbonyl (C=O) groups excluding carboxylic acids is 1. The third-order valence-corrected chi connectivity index (χ3v) is 2.95. The molecule has 0 aliphatic rings. The molecule has 0 saturated carbocycles. The molecule has 0 spiro atoms. The van der Waals surface area contributed by atoms with Gasteiger partial charge in [-0.25, -0.2) is 4.39 Å². The topological polar surface area (TPSA) is 69.8 Å². The number of amides is 1. The van der Waals surface area contributed by atoms with Gasteiger partial charge in [0.1, 0.15) is 17.6 Å². The maximum absolute atomic E-state index is 13.5. The molecule has 0 aliphatic carbocycles. The summed E-state index contributed by atoms with van der Waals surface area (Å²) >= 11 is 0. The van der Waals surface area contributed by atoms with Gasteiger partial charge in [0, 0.05) is 32.4 Å². The number of aromatic nitrogens is 1. The molecule has 21 heavy (non-hydrogen) atoms. The molecule has 0 saturated heterocycles. The standard InChI is InChI=1S/C15H15FN4O/c1-10(21)19-15-6-12(3-4-14(15)16)18-8-11-5-13(7-17)20(2)9-11/h3-6,9,18H,8H2,1-2H3,(H,19,21). The average Bonchev–Trinajstić information content (AvgIpc) is 2.79. The molecule has 2 aromatic rings. The molecule has 1 amide bonds. The molecule has 1 aromatic heterocycles. The SMILES string of the molecule is CC(=O)Nc1cc(NCc2cc(C#N)n(C)c2)ccc1F. The maximum atomic E-state index is 13.5. The second kappa shape index (κ2) is 6.09. The minimum atomic E-state index is -0.484. The van der Waals surface area contributed by atoms with Gasteiger partial charge >= 0.3 is 0 Å². The molecule has 1 aromatic carbocycles. The number of hydrogen-bond donors (Lipinski definition) is 2. The van der Waals surface area contributed by atoms with E-state index in [0.717, 1.165) is 5.56 Å². The molecule has 0 fully saturated rings. The van der Waals surface area contributed by atoms with Crippen LogP contribution >= 0.6 is 0 Å². The van der Waals surface area contributed by atoms with Crippen LogP contribution in [0.1, 0.15) is 18.2 Å². The third kappa shape index (κ3) is 3.60. The molecule has 108 valence electrons. The van der Waals surface area contributed by atoms with Crippen LogP contribution in [-0.2, 0) is 18.4 Å². The number of nitrogens with zero attached hydrogens (tertiary/aromatic N) is 2. The van der Waals surface area contributed by atoms with Crippen molar-refractivity contribution >= 4 is 17.3 Å². The first-order chi connectivity index (χ1) is 9.99. The van der Waals surface area contributed by atoms with Gasteiger partial charge in [0.25, 0.3) is 0 Å². The van der Waals surface area contributed by atoms with E-state index in [1.807, 2.05) is 6.20 Å². The van der Waals surface area contributed by atoms with E-state index in [2.05, 4.69) is 16.7 Å². The minimum Gasteiger partial charge on any atom is -0.381 e. The lowest BCUT2D eigenvalue weighted by Gasteiger charge is -2.09. The fraction of sp³-hybridized carbons (Fsp3) is 0.200. The Kier molecular flexibility index (Phi) is 4.24. The van der Waals surface area contributed by atoms with E-state index in [-0.39, 0.29) is 11.6 Å². The van der Waals surface area contributed by atoms with E-state index in [9.17, 15) is 9.18 Å². The summed E-state index contributed by atoms with van der Waals surface area (Å²) in [6.07, 6.45) is 1.85. The van der Waals surface area contributed by atoms with Crippen LogP contribution in [0.4, 0.5) is 15.8 Å². The minimum absolute atomic E-state index is 0.137. The monoisotopic (exact) mass is 286 g/mol. The van der Waals surface area contributed by atoms with Crippen LogP contribution in [0.15, 0.2) is 30.5 Å². The van der Waals surface area contributed by atoms with E-state index in [4.69, 9.17) is 5.26 Å². The highest BCUT2D eigenvalue weighted by atomic mass is 19.1. The van der Waals surface area contributed by atoms with E-state index < -0.39 is 5.82 Å². The van der Waals surface area contributed by atoms with E-state index in [1.165, 1.54) is 19.1 Å². The number of rotatable bonds is 4. The number of hydrogen-bond acceptors (Lipinski definition) is 3. The molecule has 0 radical (unpaired) electrons. The van der Waals surface area contributed by atoms with Gasteiger partial charge in [-0.2, -0.15) is 5.26 Å². The van der Waals surface area contributed by atoms with Crippen LogP contribution in [0.5, 0.6) is 0 Å². The lowest BCUT2D eigenvalue weighted by atomic mass is 10.2. The van der Waals surface area contributed by atoms with Crippen LogP contribution in [0.25, 0.3) is 0 Å². The highest BCUT2D eigenvalue weighted by molar-refractivity contribution is 5.89. The zero-order chi connectivity index (χ0) is 15.4. The number of carbonyl (C=O) groups is 1. The van der Waals surface area contributed by atoms with Gasteiger partial charge in [0.15, 0.2) is 0 Å². The van der Waals surface area contributed by atoms with Crippen molar-refractivity contribution in [1.29, 1.82) is 5.26 Å². The summed E-state index contributed by atoms with van der Waals surface area (Å²) in [4.78, 5) is 11.0. The number of anilines is 2. The van der Waals surface area contributed by atoms with Crippen molar-refractivity contribution < 1.29 is 9.18 Å². The summed E-state index contributed by atoms with van der Waals surface area (Å²) in [5.74, 6) is -0.810. The Balaban J connectivity index is 2.09. The van der Waals surface area contributed by atoms with Crippen molar-refractivity contribution in [2.45, 2.75) is 13.5 Å². The summed E-state index contributed by atoms with van der Waals surface area (Å²) in [6, 6.07) is 8.29. The second-order valence-corrected chi connectivity index (χ2v) is 4.69. The molecule has 0 atom stereocenters. The lowest BCUT2D eigenvalue weighted by molar-refractivity contribution is -0.114. The predicted octanol–water partition coefficient (Wildman–Crippen LogP) is 2.61. The summed E-state index contributed by atoms with van der Waals surface area (Å²) in [7, 11) is 1.80. The zero-order valence-electron chi connectivity index (χ0n) is 11.8. The molecule has 0 unspecified atom stereocenters. The Bertz CT molecular complexity index is 715. The van der Waals surface area contributed by atoms with Crippen LogP contribution < -0.4 is 10.6 Å². The number of benzene rings is 1. The van der Waals surface area contributed by atoms with Gasteiger partial charge in [-0.3, -0.25) is 4.79 Å². The molecular formula is C15H15FN4O. The van der Waals surface area contributed by atoms with Crippen molar-refractivity contribution in [1.82, 2.24) is 4.57 Å². The Labute approximate surface area is 122 Å². The van der Waals surface area contributed by atoms with Crippen LogP contribution in [0.2, 0.25) is 0 Å². The van der Waals surface area contributed by atoms with Gasteiger partial charge < -0.3 is 15.2 Å².